The molecule has 1 fully saturated rings. The van der Waals surface area contributed by atoms with Crippen molar-refractivity contribution in [2.24, 2.45) is 4.99 Å². The van der Waals surface area contributed by atoms with Crippen LogP contribution in [-0.4, -0.2) is 47.3 Å². The van der Waals surface area contributed by atoms with Crippen LogP contribution < -0.4 is 9.47 Å². The van der Waals surface area contributed by atoms with Crippen molar-refractivity contribution in [3.05, 3.63) is 56.9 Å². The lowest BCUT2D eigenvalue weighted by Gasteiger charge is -2.14. The number of halogens is 1. The summed E-state index contributed by atoms with van der Waals surface area (Å²) in [6.45, 7) is 4.98. The summed E-state index contributed by atoms with van der Waals surface area (Å²) < 4.78 is 12.3. The Balaban J connectivity index is 1.91. The van der Waals surface area contributed by atoms with Crippen LogP contribution in [0.4, 0.5) is 5.69 Å². The molecule has 0 saturated carbocycles. The van der Waals surface area contributed by atoms with Gasteiger partial charge in [0, 0.05) is 7.05 Å². The summed E-state index contributed by atoms with van der Waals surface area (Å²) in [5.41, 5.74) is 1.38. The van der Waals surface area contributed by atoms with Crippen LogP contribution in [0.15, 0.2) is 50.8 Å². The van der Waals surface area contributed by atoms with Crippen LogP contribution in [0.25, 0.3) is 6.08 Å². The molecule has 1 aliphatic heterocycles. The first kappa shape index (κ1) is 23.9. The van der Waals surface area contributed by atoms with Crippen molar-refractivity contribution >= 4 is 56.5 Å². The molecule has 0 aromatic heterocycles. The summed E-state index contributed by atoms with van der Waals surface area (Å²) >= 11 is 4.77. The number of hydrogen-bond donors (Lipinski definition) is 1. The first-order chi connectivity index (χ1) is 15.3. The van der Waals surface area contributed by atoms with Gasteiger partial charge in [-0.25, -0.2) is 9.79 Å². The number of carbonyl (C=O) groups excluding carboxylic acids is 1. The Morgan fingerprint density at radius 1 is 1.25 bits per heavy atom. The van der Waals surface area contributed by atoms with Crippen molar-refractivity contribution in [3.63, 3.8) is 0 Å². The predicted octanol–water partition coefficient (Wildman–Crippen LogP) is 5.57. The average molecular weight is 519 g/mol. The van der Waals surface area contributed by atoms with Gasteiger partial charge >= 0.3 is 5.97 Å². The summed E-state index contributed by atoms with van der Waals surface area (Å²) in [6.07, 6.45) is 2.65. The van der Waals surface area contributed by atoms with Gasteiger partial charge in [-0.1, -0.05) is 13.0 Å². The summed E-state index contributed by atoms with van der Waals surface area (Å²) in [6, 6.07) is 9.99. The maximum absolute atomic E-state index is 12.8. The molecule has 1 heterocycles. The Morgan fingerprint density at radius 3 is 2.72 bits per heavy atom. The van der Waals surface area contributed by atoms with Crippen molar-refractivity contribution in [3.8, 4) is 11.5 Å². The van der Waals surface area contributed by atoms with Gasteiger partial charge in [0.2, 0.25) is 0 Å². The standard InChI is InChI=1S/C23H23BrN2O5S/c1-4-9-31-20-17(24)10-14(11-18(20)30-5-2)12-19-21(27)26(3)23(32-19)25-16-8-6-7-15(13-16)22(28)29/h6-8,10-13H,4-5,9H2,1-3H3,(H,28,29)/b19-12+,25-23?. The number of benzene rings is 2. The normalized spacial score (nSPS) is 16.1. The number of likely N-dealkylation sites (N-methyl/N-ethyl adjacent to an activating group) is 1. The summed E-state index contributed by atoms with van der Waals surface area (Å²) in [7, 11) is 1.64. The quantitative estimate of drug-likeness (QED) is 0.459. The lowest BCUT2D eigenvalue weighted by Crippen LogP contribution is -2.23. The number of carboxylic acids is 1. The van der Waals surface area contributed by atoms with Crippen molar-refractivity contribution in [1.82, 2.24) is 4.90 Å². The second-order valence-electron chi connectivity index (χ2n) is 6.84. The van der Waals surface area contributed by atoms with Gasteiger partial charge in [0.25, 0.3) is 5.91 Å². The van der Waals surface area contributed by atoms with Crippen LogP contribution in [-0.2, 0) is 4.79 Å². The molecule has 0 aliphatic carbocycles. The van der Waals surface area contributed by atoms with Gasteiger partial charge in [-0.2, -0.15) is 0 Å². The number of amidine groups is 1. The van der Waals surface area contributed by atoms with Crippen molar-refractivity contribution in [1.29, 1.82) is 0 Å². The van der Waals surface area contributed by atoms with Crippen LogP contribution in [0.3, 0.4) is 0 Å². The predicted molar refractivity (Wildman–Crippen MR) is 130 cm³/mol. The summed E-state index contributed by atoms with van der Waals surface area (Å²) in [5.74, 6) is 0.0194. The van der Waals surface area contributed by atoms with E-state index < -0.39 is 5.97 Å². The number of ether oxygens (including phenoxy) is 2. The number of rotatable bonds is 8. The van der Waals surface area contributed by atoms with E-state index in [1.54, 1.807) is 25.3 Å². The molecule has 0 spiro atoms. The Bertz CT molecular complexity index is 1100. The number of carbonyl (C=O) groups is 2. The van der Waals surface area contributed by atoms with Gasteiger partial charge in [-0.15, -0.1) is 0 Å². The molecule has 9 heteroatoms. The molecule has 0 unspecified atom stereocenters. The molecule has 0 bridgehead atoms. The molecule has 2 aromatic rings. The van der Waals surface area contributed by atoms with Crippen LogP contribution in [0.2, 0.25) is 0 Å². The second-order valence-corrected chi connectivity index (χ2v) is 8.70. The monoisotopic (exact) mass is 518 g/mol. The SMILES string of the molecule is CCCOc1c(Br)cc(/C=C2/SC(=Nc3cccc(C(=O)O)c3)N(C)C2=O)cc1OCC. The van der Waals surface area contributed by atoms with E-state index in [4.69, 9.17) is 9.47 Å². The van der Waals surface area contributed by atoms with Gasteiger partial charge in [0.1, 0.15) is 0 Å². The van der Waals surface area contributed by atoms with E-state index in [2.05, 4.69) is 20.9 Å². The largest absolute Gasteiger partial charge is 0.490 e. The molecule has 7 nitrogen and oxygen atoms in total. The fourth-order valence-corrected chi connectivity index (χ4v) is 4.46. The highest BCUT2D eigenvalue weighted by Gasteiger charge is 2.30. The molecule has 2 aromatic carbocycles. The minimum Gasteiger partial charge on any atom is -0.490 e. The van der Waals surface area contributed by atoms with E-state index in [1.165, 1.54) is 28.8 Å². The first-order valence-corrected chi connectivity index (χ1v) is 11.6. The fraction of sp³-hybridized carbons (Fsp3) is 0.261. The van der Waals surface area contributed by atoms with Crippen LogP contribution in [0.5, 0.6) is 11.5 Å². The maximum atomic E-state index is 12.8. The third kappa shape index (κ3) is 5.52. The Hall–Kier alpha value is -2.78. The van der Waals surface area contributed by atoms with Crippen molar-refractivity contribution in [2.45, 2.75) is 20.3 Å². The second kappa shape index (κ2) is 10.7. The lowest BCUT2D eigenvalue weighted by molar-refractivity contribution is -0.121. The average Bonchev–Trinajstić information content (AvgIpc) is 3.01. The number of aliphatic imine (C=N–C) groups is 1. The molecule has 32 heavy (non-hydrogen) atoms. The molecule has 1 aliphatic rings. The zero-order valence-electron chi connectivity index (χ0n) is 17.9. The highest BCUT2D eigenvalue weighted by Crippen LogP contribution is 2.39. The molecule has 1 amide bonds. The molecule has 168 valence electrons. The highest BCUT2D eigenvalue weighted by atomic mass is 79.9. The first-order valence-electron chi connectivity index (χ1n) is 10.0. The number of thioether (sulfide) groups is 1. The molecule has 0 atom stereocenters. The summed E-state index contributed by atoms with van der Waals surface area (Å²) in [5, 5.41) is 9.64. The number of aromatic carboxylic acids is 1. The lowest BCUT2D eigenvalue weighted by atomic mass is 10.2. The van der Waals surface area contributed by atoms with Gasteiger partial charge < -0.3 is 14.6 Å². The van der Waals surface area contributed by atoms with Crippen LogP contribution >= 0.6 is 27.7 Å². The molecule has 1 saturated heterocycles. The molecule has 0 radical (unpaired) electrons. The van der Waals surface area contributed by atoms with Crippen LogP contribution in [0, 0.1) is 0 Å². The van der Waals surface area contributed by atoms with Gasteiger partial charge in [0.05, 0.1) is 33.8 Å². The van der Waals surface area contributed by atoms with E-state index in [0.717, 1.165) is 16.5 Å². The Labute approximate surface area is 199 Å². The highest BCUT2D eigenvalue weighted by molar-refractivity contribution is 9.10. The number of hydrogen-bond acceptors (Lipinski definition) is 6. The zero-order chi connectivity index (χ0) is 23.3. The smallest absolute Gasteiger partial charge is 0.335 e. The Morgan fingerprint density at radius 2 is 2.03 bits per heavy atom. The third-order valence-electron chi connectivity index (χ3n) is 4.40. The van der Waals surface area contributed by atoms with E-state index in [9.17, 15) is 14.7 Å². The van der Waals surface area contributed by atoms with Gasteiger partial charge in [0.15, 0.2) is 16.7 Å². The maximum Gasteiger partial charge on any atom is 0.335 e. The summed E-state index contributed by atoms with van der Waals surface area (Å²) in [4.78, 5) is 30.4. The zero-order valence-corrected chi connectivity index (χ0v) is 20.3. The number of nitrogens with zero attached hydrogens (tertiary/aromatic N) is 2. The van der Waals surface area contributed by atoms with E-state index in [-0.39, 0.29) is 11.5 Å². The minimum absolute atomic E-state index is 0.137. The Kier molecular flexibility index (Phi) is 7.98. The van der Waals surface area contributed by atoms with Crippen LogP contribution in [0.1, 0.15) is 36.2 Å². The molecule has 1 N–H and O–H groups in total. The molecule has 3 rings (SSSR count). The number of amides is 1. The third-order valence-corrected chi connectivity index (χ3v) is 6.05. The number of carboxylic acid groups (broad SMARTS) is 1. The van der Waals surface area contributed by atoms with E-state index in [1.807, 2.05) is 26.0 Å². The molecular formula is C23H23BrN2O5S. The van der Waals surface area contributed by atoms with Gasteiger partial charge in [-0.3, -0.25) is 9.69 Å². The van der Waals surface area contributed by atoms with E-state index >= 15 is 0 Å². The topological polar surface area (TPSA) is 88.4 Å². The fourth-order valence-electron chi connectivity index (χ4n) is 2.90. The van der Waals surface area contributed by atoms with E-state index in [0.29, 0.717) is 40.5 Å². The van der Waals surface area contributed by atoms with Crippen molar-refractivity contribution in [2.75, 3.05) is 20.3 Å². The van der Waals surface area contributed by atoms with Crippen molar-refractivity contribution < 1.29 is 24.2 Å². The van der Waals surface area contributed by atoms with Gasteiger partial charge in [-0.05, 0) is 83.0 Å². The molecular weight excluding hydrogens is 496 g/mol. The minimum atomic E-state index is -1.03.